The van der Waals surface area contributed by atoms with Crippen molar-refractivity contribution in [3.8, 4) is 0 Å². The van der Waals surface area contributed by atoms with Gasteiger partial charge in [0.25, 0.3) is 5.91 Å². The molecular weight excluding hydrogens is 358 g/mol. The number of nitrogens with zero attached hydrogens (tertiary/aromatic N) is 3. The molecule has 1 aliphatic heterocycles. The minimum absolute atomic E-state index is 0.174. The molecule has 6 nitrogen and oxygen atoms in total. The molecule has 0 radical (unpaired) electrons. The maximum Gasteiger partial charge on any atom is 0.269 e. The van der Waals surface area contributed by atoms with E-state index in [1.807, 2.05) is 4.57 Å². The summed E-state index contributed by atoms with van der Waals surface area (Å²) in [7, 11) is 0. The minimum atomic E-state index is -0.174. The number of pyridine rings is 1. The van der Waals surface area contributed by atoms with E-state index in [2.05, 4.69) is 20.6 Å². The first-order chi connectivity index (χ1) is 12.2. The molecule has 2 aromatic rings. The zero-order valence-corrected chi connectivity index (χ0v) is 15.4. The first-order valence-corrected chi connectivity index (χ1v) is 9.20. The highest BCUT2D eigenvalue weighted by atomic mass is 35.5. The molecule has 0 aromatic carbocycles. The Labute approximate surface area is 156 Å². The summed E-state index contributed by atoms with van der Waals surface area (Å²) >= 11 is 12.1. The summed E-state index contributed by atoms with van der Waals surface area (Å²) in [5.74, 6) is 0.449. The molecule has 0 spiro atoms. The first-order valence-electron chi connectivity index (χ1n) is 8.41. The standard InChI is InChI=1S/C17H20ClN5OS/c18-12-10-13(22-14-6-8-19-11-21-14)17(25)23-9-5-3-1-2-4-7-20-16(24)15(12)23/h6,8,10-11H,1-5,7,9H2,(H,20,24)(H,19,21,22). The Morgan fingerprint density at radius 3 is 2.84 bits per heavy atom. The van der Waals surface area contributed by atoms with Crippen LogP contribution in [0.25, 0.3) is 0 Å². The Bertz CT molecular complexity index is 809. The number of halogens is 1. The van der Waals surface area contributed by atoms with Crippen LogP contribution in [-0.4, -0.2) is 27.0 Å². The molecule has 25 heavy (non-hydrogen) atoms. The Kier molecular flexibility index (Phi) is 5.99. The molecule has 2 N–H and O–H groups in total. The molecule has 3 heterocycles. The van der Waals surface area contributed by atoms with Gasteiger partial charge in [0.2, 0.25) is 0 Å². The highest BCUT2D eigenvalue weighted by Gasteiger charge is 2.18. The van der Waals surface area contributed by atoms with Crippen LogP contribution in [0, 0.1) is 4.64 Å². The van der Waals surface area contributed by atoms with Crippen molar-refractivity contribution < 1.29 is 4.79 Å². The van der Waals surface area contributed by atoms with Crippen LogP contribution in [0.4, 0.5) is 11.5 Å². The van der Waals surface area contributed by atoms with Crippen LogP contribution in [-0.2, 0) is 6.54 Å². The van der Waals surface area contributed by atoms with Gasteiger partial charge in [0.1, 0.15) is 22.5 Å². The van der Waals surface area contributed by atoms with Gasteiger partial charge in [-0.3, -0.25) is 4.79 Å². The van der Waals surface area contributed by atoms with Gasteiger partial charge in [0, 0.05) is 19.3 Å². The molecule has 0 fully saturated rings. The summed E-state index contributed by atoms with van der Waals surface area (Å²) in [6, 6.07) is 3.44. The molecule has 0 saturated heterocycles. The van der Waals surface area contributed by atoms with E-state index in [9.17, 15) is 4.79 Å². The number of aromatic nitrogens is 3. The molecule has 8 heteroatoms. The van der Waals surface area contributed by atoms with Crippen molar-refractivity contribution in [1.29, 1.82) is 0 Å². The number of fused-ring (bicyclic) bond motifs is 1. The van der Waals surface area contributed by atoms with Gasteiger partial charge in [0.15, 0.2) is 0 Å². The second-order valence-corrected chi connectivity index (χ2v) is 6.75. The Morgan fingerprint density at radius 1 is 1.24 bits per heavy atom. The van der Waals surface area contributed by atoms with Crippen molar-refractivity contribution in [3.05, 3.63) is 40.0 Å². The quantitative estimate of drug-likeness (QED) is 0.771. The van der Waals surface area contributed by atoms with Crippen LogP contribution in [0.5, 0.6) is 0 Å². The second-order valence-electron chi connectivity index (χ2n) is 5.95. The van der Waals surface area contributed by atoms with E-state index < -0.39 is 0 Å². The number of hydrogen-bond acceptors (Lipinski definition) is 5. The van der Waals surface area contributed by atoms with Crippen LogP contribution >= 0.6 is 23.8 Å². The third-order valence-electron chi connectivity index (χ3n) is 4.15. The average molecular weight is 378 g/mol. The summed E-state index contributed by atoms with van der Waals surface area (Å²) in [6.45, 7) is 1.32. The lowest BCUT2D eigenvalue weighted by atomic mass is 10.1. The minimum Gasteiger partial charge on any atom is -0.351 e. The lowest BCUT2D eigenvalue weighted by Crippen LogP contribution is -2.28. The summed E-state index contributed by atoms with van der Waals surface area (Å²) in [5.41, 5.74) is 1.09. The Morgan fingerprint density at radius 2 is 2.04 bits per heavy atom. The molecule has 1 aliphatic rings. The van der Waals surface area contributed by atoms with Gasteiger partial charge in [-0.15, -0.1) is 0 Å². The Balaban J connectivity index is 2.01. The predicted molar refractivity (Wildman–Crippen MR) is 101 cm³/mol. The third kappa shape index (κ3) is 4.35. The van der Waals surface area contributed by atoms with Crippen molar-refractivity contribution in [2.24, 2.45) is 0 Å². The summed E-state index contributed by atoms with van der Waals surface area (Å²) in [4.78, 5) is 20.6. The molecule has 1 amide bonds. The van der Waals surface area contributed by atoms with Crippen LogP contribution in [0.15, 0.2) is 24.7 Å². The molecule has 0 unspecified atom stereocenters. The summed E-state index contributed by atoms with van der Waals surface area (Å²) < 4.78 is 2.38. The molecule has 0 saturated carbocycles. The molecular formula is C17H20ClN5OS. The highest BCUT2D eigenvalue weighted by molar-refractivity contribution is 7.71. The molecule has 132 valence electrons. The van der Waals surface area contributed by atoms with E-state index >= 15 is 0 Å². The summed E-state index contributed by atoms with van der Waals surface area (Å²) in [6.07, 6.45) is 8.43. The van der Waals surface area contributed by atoms with E-state index in [1.165, 1.54) is 6.33 Å². The lowest BCUT2D eigenvalue weighted by molar-refractivity contribution is 0.0943. The third-order valence-corrected chi connectivity index (χ3v) is 4.88. The number of rotatable bonds is 2. The van der Waals surface area contributed by atoms with Crippen molar-refractivity contribution in [3.63, 3.8) is 0 Å². The number of carbonyl (C=O) groups excluding carboxylic acids is 1. The van der Waals surface area contributed by atoms with Crippen molar-refractivity contribution in [1.82, 2.24) is 19.9 Å². The largest absolute Gasteiger partial charge is 0.351 e. The first kappa shape index (κ1) is 17.8. The van der Waals surface area contributed by atoms with Gasteiger partial charge in [0.05, 0.1) is 10.7 Å². The molecule has 0 aliphatic carbocycles. The SMILES string of the molecule is O=C1NCCCCCCCn2c1c(Cl)cc(Nc1ccncn1)c2=S. The van der Waals surface area contributed by atoms with Gasteiger partial charge < -0.3 is 15.2 Å². The predicted octanol–water partition coefficient (Wildman–Crippen LogP) is 4.10. The van der Waals surface area contributed by atoms with E-state index in [0.717, 1.165) is 32.1 Å². The number of anilines is 2. The van der Waals surface area contributed by atoms with E-state index in [4.69, 9.17) is 23.8 Å². The molecule has 2 aromatic heterocycles. The van der Waals surface area contributed by atoms with Crippen LogP contribution < -0.4 is 10.6 Å². The monoisotopic (exact) mass is 377 g/mol. The van der Waals surface area contributed by atoms with Gasteiger partial charge >= 0.3 is 0 Å². The highest BCUT2D eigenvalue weighted by Crippen LogP contribution is 2.26. The second kappa shape index (κ2) is 8.40. The fourth-order valence-corrected chi connectivity index (χ4v) is 3.47. The normalized spacial score (nSPS) is 15.6. The fraction of sp³-hybridized carbons (Fsp3) is 0.412. The van der Waals surface area contributed by atoms with Crippen molar-refractivity contribution in [2.75, 3.05) is 11.9 Å². The van der Waals surface area contributed by atoms with Crippen LogP contribution in [0.3, 0.4) is 0 Å². The smallest absolute Gasteiger partial charge is 0.269 e. The molecule has 0 atom stereocenters. The van der Waals surface area contributed by atoms with Gasteiger partial charge in [-0.1, -0.05) is 43.1 Å². The van der Waals surface area contributed by atoms with Crippen molar-refractivity contribution in [2.45, 2.75) is 38.6 Å². The van der Waals surface area contributed by atoms with Crippen LogP contribution in [0.2, 0.25) is 5.02 Å². The number of hydrogen-bond donors (Lipinski definition) is 2. The van der Waals surface area contributed by atoms with Crippen LogP contribution in [0.1, 0.15) is 42.6 Å². The molecule has 0 bridgehead atoms. The fourth-order valence-electron chi connectivity index (χ4n) is 2.88. The maximum atomic E-state index is 12.6. The van der Waals surface area contributed by atoms with E-state index in [0.29, 0.717) is 40.0 Å². The number of carbonyl (C=O) groups is 1. The van der Waals surface area contributed by atoms with Gasteiger partial charge in [-0.25, -0.2) is 9.97 Å². The summed E-state index contributed by atoms with van der Waals surface area (Å²) in [5, 5.41) is 6.48. The van der Waals surface area contributed by atoms with E-state index in [1.54, 1.807) is 18.3 Å². The Hall–Kier alpha value is -1.99. The number of amides is 1. The van der Waals surface area contributed by atoms with Crippen molar-refractivity contribution >= 4 is 41.2 Å². The zero-order chi connectivity index (χ0) is 17.6. The zero-order valence-electron chi connectivity index (χ0n) is 13.8. The maximum absolute atomic E-state index is 12.6. The molecule has 3 rings (SSSR count). The topological polar surface area (TPSA) is 71.8 Å². The van der Waals surface area contributed by atoms with E-state index in [-0.39, 0.29) is 5.91 Å². The van der Waals surface area contributed by atoms with Gasteiger partial charge in [-0.05, 0) is 25.0 Å². The van der Waals surface area contributed by atoms with Gasteiger partial charge in [-0.2, -0.15) is 0 Å². The number of nitrogens with one attached hydrogen (secondary N) is 2. The lowest BCUT2D eigenvalue weighted by Gasteiger charge is -2.18. The average Bonchev–Trinajstić information content (AvgIpc) is 2.65.